The Morgan fingerprint density at radius 2 is 0.848 bits per heavy atom. The summed E-state index contributed by atoms with van der Waals surface area (Å²) in [5.74, 6) is -51.5. The average molecular weight is 555 g/mol. The third kappa shape index (κ3) is 4.30. The third-order valence-electron chi connectivity index (χ3n) is 3.85. The summed E-state index contributed by atoms with van der Waals surface area (Å²) in [4.78, 5) is 0. The summed E-state index contributed by atoms with van der Waals surface area (Å²) in [5, 5.41) is -7.50. The first kappa shape index (κ1) is 31.7. The van der Waals surface area contributed by atoms with E-state index in [-0.39, 0.29) is 6.42 Å². The van der Waals surface area contributed by atoms with Crippen LogP contribution in [0.3, 0.4) is 0 Å². The lowest BCUT2D eigenvalue weighted by molar-refractivity contribution is -0.458. The topological polar surface area (TPSA) is 46.2 Å². The fourth-order valence-electron chi connectivity index (χ4n) is 1.79. The summed E-state index contributed by atoms with van der Waals surface area (Å²) >= 11 is 0. The maximum absolute atomic E-state index is 13.6. The molecule has 0 saturated heterocycles. The van der Waals surface area contributed by atoms with Gasteiger partial charge in [-0.1, -0.05) is 13.3 Å². The van der Waals surface area contributed by atoms with E-state index < -0.39 is 70.0 Å². The van der Waals surface area contributed by atoms with Gasteiger partial charge < -0.3 is 0 Å². The van der Waals surface area contributed by atoms with Crippen molar-refractivity contribution in [2.24, 2.45) is 0 Å². The van der Waals surface area contributed by atoms with Gasteiger partial charge in [0, 0.05) is 6.54 Å². The van der Waals surface area contributed by atoms with Gasteiger partial charge in [0.15, 0.2) is 0 Å². The number of unbranched alkanes of at least 4 members (excludes halogenated alkanes) is 1. The molecule has 0 radical (unpaired) electrons. The van der Waals surface area contributed by atoms with Gasteiger partial charge in [-0.15, -0.1) is 0 Å². The lowest BCUT2D eigenvalue weighted by Gasteiger charge is -2.42. The molecule has 1 N–H and O–H groups in total. The van der Waals surface area contributed by atoms with E-state index in [1.807, 2.05) is 0 Å². The van der Waals surface area contributed by atoms with Gasteiger partial charge in [0.1, 0.15) is 0 Å². The van der Waals surface area contributed by atoms with Crippen LogP contribution >= 0.6 is 0 Å². The van der Waals surface area contributed by atoms with E-state index >= 15 is 0 Å². The van der Waals surface area contributed by atoms with E-state index in [1.165, 1.54) is 6.92 Å². The minimum absolute atomic E-state index is 0.0760. The van der Waals surface area contributed by atoms with Crippen molar-refractivity contribution in [3.8, 4) is 0 Å². The van der Waals surface area contributed by atoms with Crippen molar-refractivity contribution in [3.05, 3.63) is 0 Å². The van der Waals surface area contributed by atoms with Crippen LogP contribution in [0.5, 0.6) is 0 Å². The summed E-state index contributed by atoms with van der Waals surface area (Å²) in [6.07, 6.45) is -8.40. The van der Waals surface area contributed by atoms with Gasteiger partial charge in [0.05, 0.1) is 0 Å². The van der Waals surface area contributed by atoms with Gasteiger partial charge >= 0.3 is 47.0 Å². The van der Waals surface area contributed by atoms with E-state index in [0.29, 0.717) is 4.72 Å². The van der Waals surface area contributed by atoms with Crippen molar-refractivity contribution in [1.29, 1.82) is 0 Å². The van der Waals surface area contributed by atoms with Crippen LogP contribution in [0.1, 0.15) is 19.8 Å². The normalized spacial score (nSPS) is 16.3. The van der Waals surface area contributed by atoms with Crippen LogP contribution in [0, 0.1) is 0 Å². The Morgan fingerprint density at radius 1 is 0.545 bits per heavy atom. The highest BCUT2D eigenvalue weighted by atomic mass is 32.2. The van der Waals surface area contributed by atoms with Crippen LogP contribution in [-0.2, 0) is 10.0 Å². The molecule has 21 heteroatoms. The van der Waals surface area contributed by atoms with Crippen molar-refractivity contribution < 1.29 is 83.1 Å². The Morgan fingerprint density at radius 3 is 1.15 bits per heavy atom. The molecular weight excluding hydrogens is 545 g/mol. The van der Waals surface area contributed by atoms with Crippen LogP contribution in [0.15, 0.2) is 0 Å². The van der Waals surface area contributed by atoms with Gasteiger partial charge in [0.25, 0.3) is 10.0 Å². The minimum atomic E-state index is -8.82. The molecule has 0 saturated carbocycles. The second kappa shape index (κ2) is 8.43. The molecule has 0 aromatic heterocycles. The van der Waals surface area contributed by atoms with E-state index in [4.69, 9.17) is 0 Å². The first-order chi connectivity index (χ1) is 14.1. The molecule has 0 bridgehead atoms. The fourth-order valence-corrected chi connectivity index (χ4v) is 2.85. The highest BCUT2D eigenvalue weighted by molar-refractivity contribution is 7.90. The molecular formula is C12H10F17NO2S. The lowest BCUT2D eigenvalue weighted by atomic mass is 9.91. The van der Waals surface area contributed by atoms with Gasteiger partial charge in [-0.25, -0.2) is 13.1 Å². The Balaban J connectivity index is 6.77. The van der Waals surface area contributed by atoms with Crippen molar-refractivity contribution >= 4 is 10.0 Å². The fraction of sp³-hybridized carbons (Fsp3) is 1.00. The first-order valence-electron chi connectivity index (χ1n) is 7.76. The molecule has 200 valence electrons. The zero-order valence-corrected chi connectivity index (χ0v) is 16.1. The van der Waals surface area contributed by atoms with Crippen LogP contribution in [0.2, 0.25) is 0 Å². The molecule has 0 heterocycles. The SMILES string of the molecule is CCCCNS(=O)(=O)C(F)(F)C(F)(F)C(F)(F)C(F)(F)C(F)(F)C(F)(F)C(F)(F)C(F)(F)F. The molecule has 33 heavy (non-hydrogen) atoms. The van der Waals surface area contributed by atoms with E-state index in [0.717, 1.165) is 0 Å². The maximum atomic E-state index is 13.6. The number of alkyl halides is 17. The maximum Gasteiger partial charge on any atom is 0.460 e. The predicted molar refractivity (Wildman–Crippen MR) is 72.5 cm³/mol. The smallest absolute Gasteiger partial charge is 0.210 e. The summed E-state index contributed by atoms with van der Waals surface area (Å²) in [6.45, 7) is -0.00671. The summed E-state index contributed by atoms with van der Waals surface area (Å²) in [6, 6.07) is 0. The van der Waals surface area contributed by atoms with Crippen molar-refractivity contribution in [1.82, 2.24) is 4.72 Å². The Hall–Kier alpha value is -1.28. The highest BCUT2D eigenvalue weighted by Crippen LogP contribution is 2.64. The van der Waals surface area contributed by atoms with E-state index in [1.54, 1.807) is 0 Å². The molecule has 0 amide bonds. The molecule has 0 atom stereocenters. The number of halogens is 17. The number of sulfonamides is 1. The molecule has 3 nitrogen and oxygen atoms in total. The summed E-state index contributed by atoms with van der Waals surface area (Å²) < 4.78 is 244. The van der Waals surface area contributed by atoms with Crippen LogP contribution < -0.4 is 4.72 Å². The molecule has 0 aliphatic rings. The van der Waals surface area contributed by atoms with Crippen LogP contribution in [0.4, 0.5) is 74.6 Å². The van der Waals surface area contributed by atoms with Crippen LogP contribution in [-0.4, -0.2) is 61.9 Å². The molecule has 0 aliphatic heterocycles. The molecule has 0 spiro atoms. The largest absolute Gasteiger partial charge is 0.460 e. The van der Waals surface area contributed by atoms with Gasteiger partial charge in [0.2, 0.25) is 0 Å². The Labute approximate surface area is 172 Å². The highest BCUT2D eigenvalue weighted by Gasteiger charge is 2.96. The number of rotatable bonds is 11. The monoisotopic (exact) mass is 555 g/mol. The number of hydrogen-bond acceptors (Lipinski definition) is 2. The molecule has 0 unspecified atom stereocenters. The second-order valence-corrected chi connectivity index (χ2v) is 8.02. The molecule has 0 aromatic rings. The Bertz CT molecular complexity index is 801. The zero-order chi connectivity index (χ0) is 27.3. The third-order valence-corrected chi connectivity index (χ3v) is 5.37. The number of hydrogen-bond donors (Lipinski definition) is 1. The molecule has 0 aromatic carbocycles. The van der Waals surface area contributed by atoms with Crippen molar-refractivity contribution in [2.45, 2.75) is 66.7 Å². The van der Waals surface area contributed by atoms with Crippen LogP contribution in [0.25, 0.3) is 0 Å². The summed E-state index contributed by atoms with van der Waals surface area (Å²) in [5.41, 5.74) is 0. The molecule has 0 rings (SSSR count). The first-order valence-corrected chi connectivity index (χ1v) is 9.25. The second-order valence-electron chi connectivity index (χ2n) is 6.21. The number of nitrogens with one attached hydrogen (secondary N) is 1. The average Bonchev–Trinajstić information content (AvgIpc) is 2.59. The molecule has 0 fully saturated rings. The standard InChI is InChI=1S/C12H10F17NO2S/c1-2-3-4-30-33(31,32)12(28,29)10(23,24)8(19,20)6(15,16)5(13,14)7(17,18)9(21,22)11(25,26)27/h30H,2-4H2,1H3. The van der Waals surface area contributed by atoms with Gasteiger partial charge in [-0.2, -0.15) is 74.6 Å². The molecule has 0 aliphatic carbocycles. The zero-order valence-electron chi connectivity index (χ0n) is 15.3. The van der Waals surface area contributed by atoms with Crippen molar-refractivity contribution in [3.63, 3.8) is 0 Å². The van der Waals surface area contributed by atoms with E-state index in [2.05, 4.69) is 0 Å². The lowest BCUT2D eigenvalue weighted by Crippen LogP contribution is -2.75. The van der Waals surface area contributed by atoms with E-state index in [9.17, 15) is 83.1 Å². The summed E-state index contributed by atoms with van der Waals surface area (Å²) in [7, 11) is -7.17. The van der Waals surface area contributed by atoms with Gasteiger partial charge in [-0.05, 0) is 6.42 Å². The van der Waals surface area contributed by atoms with Gasteiger partial charge in [-0.3, -0.25) is 0 Å². The predicted octanol–water partition coefficient (Wildman–Crippen LogP) is 5.67. The Kier molecular flexibility index (Phi) is 8.11. The van der Waals surface area contributed by atoms with Crippen molar-refractivity contribution in [2.75, 3.05) is 6.54 Å². The minimum Gasteiger partial charge on any atom is -0.210 e. The quantitative estimate of drug-likeness (QED) is 0.264.